The van der Waals surface area contributed by atoms with Crippen molar-refractivity contribution < 1.29 is 19.4 Å². The van der Waals surface area contributed by atoms with Crippen LogP contribution in [0.15, 0.2) is 24.3 Å². The van der Waals surface area contributed by atoms with Crippen LogP contribution in [0.25, 0.3) is 0 Å². The number of hydrogen-bond acceptors (Lipinski definition) is 3. The van der Waals surface area contributed by atoms with Gasteiger partial charge < -0.3 is 15.2 Å². The van der Waals surface area contributed by atoms with E-state index in [1.54, 1.807) is 24.3 Å². The van der Waals surface area contributed by atoms with E-state index in [0.29, 0.717) is 10.8 Å². The molecule has 0 heterocycles. The van der Waals surface area contributed by atoms with Gasteiger partial charge in [-0.25, -0.2) is 0 Å². The lowest BCUT2D eigenvalue weighted by molar-refractivity contribution is -0.141. The number of carboxylic acids is 1. The molecule has 1 aromatic rings. The van der Waals surface area contributed by atoms with Crippen LogP contribution in [0.5, 0.6) is 5.75 Å². The Hall–Kier alpha value is -1.75. The van der Waals surface area contributed by atoms with Crippen molar-refractivity contribution in [3.63, 3.8) is 0 Å². The highest BCUT2D eigenvalue weighted by atomic mass is 35.5. The summed E-state index contributed by atoms with van der Waals surface area (Å²) in [6.07, 6.45) is 0. The molecule has 5 nitrogen and oxygen atoms in total. The summed E-state index contributed by atoms with van der Waals surface area (Å²) in [5.41, 5.74) is 0. The van der Waals surface area contributed by atoms with Crippen LogP contribution >= 0.6 is 11.6 Å². The molecule has 0 aromatic heterocycles. The zero-order valence-electron chi connectivity index (χ0n) is 9.14. The van der Waals surface area contributed by atoms with Gasteiger partial charge in [0.05, 0.1) is 0 Å². The Balaban J connectivity index is 2.41. The summed E-state index contributed by atoms with van der Waals surface area (Å²) < 4.78 is 5.14. The molecule has 0 saturated carbocycles. The predicted molar refractivity (Wildman–Crippen MR) is 62.2 cm³/mol. The van der Waals surface area contributed by atoms with Crippen molar-refractivity contribution >= 4 is 23.5 Å². The molecule has 17 heavy (non-hydrogen) atoms. The highest BCUT2D eigenvalue weighted by Gasteiger charge is 2.13. The number of benzene rings is 1. The first-order valence-corrected chi connectivity index (χ1v) is 5.27. The zero-order chi connectivity index (χ0) is 12.8. The van der Waals surface area contributed by atoms with Gasteiger partial charge >= 0.3 is 5.97 Å². The maximum atomic E-state index is 11.3. The maximum Gasteiger partial charge on any atom is 0.325 e. The maximum absolute atomic E-state index is 11.3. The Morgan fingerprint density at radius 2 is 2.24 bits per heavy atom. The molecule has 1 atom stereocenters. The van der Waals surface area contributed by atoms with Gasteiger partial charge in [-0.3, -0.25) is 9.59 Å². The smallest absolute Gasteiger partial charge is 0.325 e. The van der Waals surface area contributed by atoms with Crippen LogP contribution in [0.4, 0.5) is 0 Å². The molecule has 0 aliphatic rings. The van der Waals surface area contributed by atoms with E-state index >= 15 is 0 Å². The number of amides is 1. The number of carboxylic acid groups (broad SMARTS) is 1. The fraction of sp³-hybridized carbons (Fsp3) is 0.273. The van der Waals surface area contributed by atoms with E-state index < -0.39 is 17.9 Å². The van der Waals surface area contributed by atoms with E-state index in [2.05, 4.69) is 5.32 Å². The molecule has 0 saturated heterocycles. The number of rotatable bonds is 5. The lowest BCUT2D eigenvalue weighted by Gasteiger charge is -2.10. The fourth-order valence-corrected chi connectivity index (χ4v) is 1.23. The third-order valence-electron chi connectivity index (χ3n) is 1.91. The number of aliphatic carboxylic acids is 1. The lowest BCUT2D eigenvalue weighted by Crippen LogP contribution is -2.40. The van der Waals surface area contributed by atoms with E-state index in [1.165, 1.54) is 6.92 Å². The van der Waals surface area contributed by atoms with Crippen LogP contribution < -0.4 is 10.1 Å². The first-order valence-electron chi connectivity index (χ1n) is 4.89. The minimum atomic E-state index is -1.10. The first kappa shape index (κ1) is 13.3. The predicted octanol–water partition coefficient (Wildman–Crippen LogP) is 1.31. The quantitative estimate of drug-likeness (QED) is 0.834. The standard InChI is InChI=1S/C11H12ClNO4/c1-7(11(15)16)13-10(14)6-17-9-4-2-3-8(12)5-9/h2-5,7H,6H2,1H3,(H,13,14)(H,15,16)/t7-/m1/s1. The number of ether oxygens (including phenoxy) is 1. The summed E-state index contributed by atoms with van der Waals surface area (Å²) in [4.78, 5) is 21.8. The third kappa shape index (κ3) is 4.74. The molecular formula is C11H12ClNO4. The van der Waals surface area contributed by atoms with Crippen LogP contribution in [0.1, 0.15) is 6.92 Å². The molecule has 0 radical (unpaired) electrons. The Bertz CT molecular complexity index is 422. The molecular weight excluding hydrogens is 246 g/mol. The van der Waals surface area contributed by atoms with Crippen LogP contribution in [0, 0.1) is 0 Å². The van der Waals surface area contributed by atoms with E-state index in [0.717, 1.165) is 0 Å². The van der Waals surface area contributed by atoms with Crippen molar-refractivity contribution in [3.8, 4) is 5.75 Å². The van der Waals surface area contributed by atoms with Crippen molar-refractivity contribution in [3.05, 3.63) is 29.3 Å². The molecule has 1 rings (SSSR count). The highest BCUT2D eigenvalue weighted by molar-refractivity contribution is 6.30. The average molecular weight is 258 g/mol. The molecule has 0 unspecified atom stereocenters. The summed E-state index contributed by atoms with van der Waals surface area (Å²) in [6, 6.07) is 5.65. The second kappa shape index (κ2) is 6.10. The largest absolute Gasteiger partial charge is 0.484 e. The molecule has 92 valence electrons. The average Bonchev–Trinajstić information content (AvgIpc) is 2.26. The summed E-state index contributed by atoms with van der Waals surface area (Å²) in [7, 11) is 0. The second-order valence-corrected chi connectivity index (χ2v) is 3.81. The third-order valence-corrected chi connectivity index (χ3v) is 2.15. The molecule has 6 heteroatoms. The molecule has 0 bridgehead atoms. The molecule has 2 N–H and O–H groups in total. The topological polar surface area (TPSA) is 75.6 Å². The van der Waals surface area contributed by atoms with E-state index in [9.17, 15) is 9.59 Å². The van der Waals surface area contributed by atoms with Crippen molar-refractivity contribution in [1.29, 1.82) is 0 Å². The minimum Gasteiger partial charge on any atom is -0.484 e. The summed E-state index contributed by atoms with van der Waals surface area (Å²) >= 11 is 5.73. The summed E-state index contributed by atoms with van der Waals surface area (Å²) in [6.45, 7) is 1.12. The van der Waals surface area contributed by atoms with Crippen LogP contribution in [0.2, 0.25) is 5.02 Å². The Morgan fingerprint density at radius 1 is 1.53 bits per heavy atom. The molecule has 0 fully saturated rings. The summed E-state index contributed by atoms with van der Waals surface area (Å²) in [5, 5.41) is 11.3. The number of hydrogen-bond donors (Lipinski definition) is 2. The van der Waals surface area contributed by atoms with E-state index in [1.807, 2.05) is 0 Å². The first-order chi connectivity index (χ1) is 7.99. The monoisotopic (exact) mass is 257 g/mol. The molecule has 0 aliphatic heterocycles. The number of halogens is 1. The Labute approximate surface area is 103 Å². The van der Waals surface area contributed by atoms with Crippen LogP contribution in [-0.2, 0) is 9.59 Å². The van der Waals surface area contributed by atoms with Gasteiger partial charge in [0.2, 0.25) is 0 Å². The van der Waals surface area contributed by atoms with Gasteiger partial charge in [0.15, 0.2) is 6.61 Å². The van der Waals surface area contributed by atoms with Crippen molar-refractivity contribution in [2.75, 3.05) is 6.61 Å². The molecule has 0 spiro atoms. The number of carbonyl (C=O) groups excluding carboxylic acids is 1. The van der Waals surface area contributed by atoms with Gasteiger partial charge in [0.1, 0.15) is 11.8 Å². The normalized spacial score (nSPS) is 11.6. The Morgan fingerprint density at radius 3 is 2.82 bits per heavy atom. The lowest BCUT2D eigenvalue weighted by atomic mass is 10.3. The molecule has 0 aliphatic carbocycles. The minimum absolute atomic E-state index is 0.252. The van der Waals surface area contributed by atoms with Crippen LogP contribution in [-0.4, -0.2) is 29.6 Å². The van der Waals surface area contributed by atoms with Gasteiger partial charge in [-0.2, -0.15) is 0 Å². The van der Waals surface area contributed by atoms with Gasteiger partial charge in [0, 0.05) is 5.02 Å². The second-order valence-electron chi connectivity index (χ2n) is 3.37. The van der Waals surface area contributed by atoms with E-state index in [-0.39, 0.29) is 6.61 Å². The van der Waals surface area contributed by atoms with Crippen molar-refractivity contribution in [2.45, 2.75) is 13.0 Å². The van der Waals surface area contributed by atoms with Crippen molar-refractivity contribution in [1.82, 2.24) is 5.32 Å². The zero-order valence-corrected chi connectivity index (χ0v) is 9.90. The molecule has 1 aromatic carbocycles. The van der Waals surface area contributed by atoms with E-state index in [4.69, 9.17) is 21.4 Å². The number of nitrogens with one attached hydrogen (secondary N) is 1. The number of carbonyl (C=O) groups is 2. The Kier molecular flexibility index (Phi) is 4.78. The van der Waals surface area contributed by atoms with Gasteiger partial charge in [0.25, 0.3) is 5.91 Å². The van der Waals surface area contributed by atoms with Crippen molar-refractivity contribution in [2.24, 2.45) is 0 Å². The van der Waals surface area contributed by atoms with Gasteiger partial charge in [-0.15, -0.1) is 0 Å². The summed E-state index contributed by atoms with van der Waals surface area (Å²) in [5.74, 6) is -1.14. The van der Waals surface area contributed by atoms with Gasteiger partial charge in [-0.05, 0) is 25.1 Å². The fourth-order valence-electron chi connectivity index (χ4n) is 1.05. The van der Waals surface area contributed by atoms with Gasteiger partial charge in [-0.1, -0.05) is 17.7 Å². The van der Waals surface area contributed by atoms with Crippen LogP contribution in [0.3, 0.4) is 0 Å². The molecule has 1 amide bonds. The SMILES string of the molecule is C[C@@H](NC(=O)COc1cccc(Cl)c1)C(=O)O. The highest BCUT2D eigenvalue weighted by Crippen LogP contribution is 2.16.